The number of nitriles is 1. The van der Waals surface area contributed by atoms with Gasteiger partial charge in [-0.2, -0.15) is 5.26 Å². The van der Waals surface area contributed by atoms with E-state index in [4.69, 9.17) is 5.11 Å². The summed E-state index contributed by atoms with van der Waals surface area (Å²) in [5, 5.41) is 22.1. The number of hydrogen-bond acceptors (Lipinski definition) is 3. The maximum atomic E-state index is 9.50. The summed E-state index contributed by atoms with van der Waals surface area (Å²) < 4.78 is 0. The monoisotopic (exact) mass is 272 g/mol. The highest BCUT2D eigenvalue weighted by atomic mass is 16.3. The molecule has 0 radical (unpaired) electrons. The van der Waals surface area contributed by atoms with Crippen LogP contribution in [0.5, 0.6) is 0 Å². The summed E-state index contributed by atoms with van der Waals surface area (Å²) in [7, 11) is 0. The molecule has 0 saturated heterocycles. The lowest BCUT2D eigenvalue weighted by Gasteiger charge is -2.44. The van der Waals surface area contributed by atoms with Crippen molar-refractivity contribution in [3.8, 4) is 6.07 Å². The number of hydrogen-bond donors (Lipinski definition) is 2. The number of nitrogens with zero attached hydrogens (tertiary/aromatic N) is 1. The van der Waals surface area contributed by atoms with E-state index in [1.54, 1.807) is 0 Å². The minimum absolute atomic E-state index is 0.261. The van der Waals surface area contributed by atoms with Crippen LogP contribution >= 0.6 is 0 Å². The normalized spacial score (nSPS) is 26.6. The zero-order chi connectivity index (χ0) is 14.4. The number of rotatable bonds is 7. The average Bonchev–Trinajstić information content (AvgIpc) is 2.46. The van der Waals surface area contributed by atoms with Gasteiger partial charge in [0.2, 0.25) is 0 Å². The van der Waals surface area contributed by atoms with Crippen LogP contribution in [0.2, 0.25) is 0 Å². The third-order valence-electron chi connectivity index (χ3n) is 4.54. The van der Waals surface area contributed by atoms with E-state index in [-0.39, 0.29) is 12.0 Å². The Kier molecular flexibility index (Phi) is 5.17. The molecule has 0 bridgehead atoms. The Morgan fingerprint density at radius 2 is 2.10 bits per heavy atom. The molecular formula is C17H24N2O. The van der Waals surface area contributed by atoms with Crippen molar-refractivity contribution in [3.05, 3.63) is 35.9 Å². The first-order valence-corrected chi connectivity index (χ1v) is 7.55. The number of nitrogens with one attached hydrogen (secondary N) is 1. The minimum atomic E-state index is -0.294. The largest absolute Gasteiger partial charge is 0.396 e. The fourth-order valence-electron chi connectivity index (χ4n) is 3.04. The van der Waals surface area contributed by atoms with Crippen molar-refractivity contribution in [1.82, 2.24) is 5.32 Å². The fourth-order valence-corrected chi connectivity index (χ4v) is 3.04. The summed E-state index contributed by atoms with van der Waals surface area (Å²) in [6.07, 6.45) is 3.73. The molecule has 20 heavy (non-hydrogen) atoms. The Labute approximate surface area is 121 Å². The predicted octanol–water partition coefficient (Wildman–Crippen LogP) is 2.61. The van der Waals surface area contributed by atoms with Crippen LogP contribution < -0.4 is 5.32 Å². The van der Waals surface area contributed by atoms with Crippen LogP contribution in [0.25, 0.3) is 0 Å². The van der Waals surface area contributed by atoms with Gasteiger partial charge >= 0.3 is 0 Å². The number of aliphatic hydroxyl groups is 1. The molecule has 0 aromatic heterocycles. The summed E-state index contributed by atoms with van der Waals surface area (Å²) >= 11 is 0. The lowest BCUT2D eigenvalue weighted by atomic mass is 9.62. The molecule has 1 aromatic carbocycles. The van der Waals surface area contributed by atoms with Gasteiger partial charge in [-0.15, -0.1) is 0 Å². The van der Waals surface area contributed by atoms with Crippen LogP contribution in [0.4, 0.5) is 0 Å². The molecule has 1 atom stereocenters. The summed E-state index contributed by atoms with van der Waals surface area (Å²) in [5.74, 6) is 0.536. The van der Waals surface area contributed by atoms with Crippen molar-refractivity contribution < 1.29 is 5.11 Å². The Balaban J connectivity index is 1.85. The smallest absolute Gasteiger partial charge is 0.0852 e. The van der Waals surface area contributed by atoms with E-state index in [1.165, 1.54) is 0 Å². The van der Waals surface area contributed by atoms with Gasteiger partial charge in [0, 0.05) is 12.6 Å². The summed E-state index contributed by atoms with van der Waals surface area (Å²) in [6.45, 7) is 3.36. The molecule has 0 aliphatic heterocycles. The molecule has 1 aliphatic carbocycles. The van der Waals surface area contributed by atoms with E-state index in [2.05, 4.69) is 30.4 Å². The Bertz CT molecular complexity index is 446. The minimum Gasteiger partial charge on any atom is -0.396 e. The van der Waals surface area contributed by atoms with E-state index < -0.39 is 0 Å². The quantitative estimate of drug-likeness (QED) is 0.802. The van der Waals surface area contributed by atoms with Gasteiger partial charge in [0.25, 0.3) is 0 Å². The maximum absolute atomic E-state index is 9.50. The van der Waals surface area contributed by atoms with Gasteiger partial charge in [-0.25, -0.2) is 0 Å². The molecule has 1 unspecified atom stereocenters. The van der Waals surface area contributed by atoms with Crippen LogP contribution in [0.3, 0.4) is 0 Å². The van der Waals surface area contributed by atoms with Crippen LogP contribution in [0.1, 0.15) is 38.2 Å². The van der Waals surface area contributed by atoms with Crippen molar-refractivity contribution in [3.63, 3.8) is 0 Å². The second-order valence-electron chi connectivity index (χ2n) is 5.86. The van der Waals surface area contributed by atoms with Crippen molar-refractivity contribution in [1.29, 1.82) is 5.26 Å². The SMILES string of the molecule is CCC(CCO)CNC1CC(C#N)(c2ccccc2)C1. The topological polar surface area (TPSA) is 56.0 Å². The molecule has 1 aliphatic rings. The van der Waals surface area contributed by atoms with Gasteiger partial charge in [-0.1, -0.05) is 43.7 Å². The van der Waals surface area contributed by atoms with Crippen molar-refractivity contribution in [2.75, 3.05) is 13.2 Å². The highest BCUT2D eigenvalue weighted by molar-refractivity contribution is 5.36. The van der Waals surface area contributed by atoms with Crippen molar-refractivity contribution in [2.24, 2.45) is 5.92 Å². The Morgan fingerprint density at radius 3 is 2.65 bits per heavy atom. The summed E-state index contributed by atoms with van der Waals surface area (Å²) in [5.41, 5.74) is 0.848. The van der Waals surface area contributed by atoms with E-state index in [1.807, 2.05) is 18.2 Å². The molecule has 0 heterocycles. The van der Waals surface area contributed by atoms with E-state index in [9.17, 15) is 5.26 Å². The average molecular weight is 272 g/mol. The highest BCUT2D eigenvalue weighted by Gasteiger charge is 2.45. The molecule has 2 N–H and O–H groups in total. The molecule has 108 valence electrons. The molecule has 3 heteroatoms. The Morgan fingerprint density at radius 1 is 1.40 bits per heavy atom. The second kappa shape index (κ2) is 6.88. The van der Waals surface area contributed by atoms with Crippen LogP contribution in [-0.4, -0.2) is 24.3 Å². The number of aliphatic hydroxyl groups excluding tert-OH is 1. The number of benzene rings is 1. The first-order valence-electron chi connectivity index (χ1n) is 7.55. The summed E-state index contributed by atoms with van der Waals surface area (Å²) in [6, 6.07) is 13.0. The lowest BCUT2D eigenvalue weighted by molar-refractivity contribution is 0.203. The maximum Gasteiger partial charge on any atom is 0.0852 e. The molecule has 2 rings (SSSR count). The van der Waals surface area contributed by atoms with Gasteiger partial charge in [-0.05, 0) is 37.3 Å². The molecule has 1 saturated carbocycles. The lowest BCUT2D eigenvalue weighted by Crippen LogP contribution is -2.51. The van der Waals surface area contributed by atoms with Crippen LogP contribution in [-0.2, 0) is 5.41 Å². The van der Waals surface area contributed by atoms with E-state index in [0.29, 0.717) is 12.0 Å². The molecular weight excluding hydrogens is 248 g/mol. The van der Waals surface area contributed by atoms with Crippen LogP contribution in [0.15, 0.2) is 30.3 Å². The van der Waals surface area contributed by atoms with Gasteiger partial charge in [0.05, 0.1) is 11.5 Å². The van der Waals surface area contributed by atoms with Crippen molar-refractivity contribution in [2.45, 2.75) is 44.1 Å². The molecule has 0 spiro atoms. The summed E-state index contributed by atoms with van der Waals surface area (Å²) in [4.78, 5) is 0. The van der Waals surface area contributed by atoms with Gasteiger partial charge in [0.1, 0.15) is 0 Å². The molecule has 3 nitrogen and oxygen atoms in total. The molecule has 1 fully saturated rings. The Hall–Kier alpha value is -1.37. The van der Waals surface area contributed by atoms with Gasteiger partial charge in [-0.3, -0.25) is 0 Å². The third kappa shape index (κ3) is 3.20. The van der Waals surface area contributed by atoms with Crippen LogP contribution in [0, 0.1) is 17.2 Å². The zero-order valence-corrected chi connectivity index (χ0v) is 12.2. The van der Waals surface area contributed by atoms with Crippen molar-refractivity contribution >= 4 is 0 Å². The second-order valence-corrected chi connectivity index (χ2v) is 5.86. The highest BCUT2D eigenvalue weighted by Crippen LogP contribution is 2.43. The standard InChI is InChI=1S/C17H24N2O/c1-2-14(8-9-20)12-19-16-10-17(11-16,13-18)15-6-4-3-5-7-15/h3-7,14,16,19-20H,2,8-12H2,1H3. The fraction of sp³-hybridized carbons (Fsp3) is 0.588. The predicted molar refractivity (Wildman–Crippen MR) is 80.2 cm³/mol. The first kappa shape index (κ1) is 15.0. The zero-order valence-electron chi connectivity index (χ0n) is 12.2. The molecule has 0 amide bonds. The van der Waals surface area contributed by atoms with E-state index in [0.717, 1.165) is 37.8 Å². The van der Waals surface area contributed by atoms with Gasteiger partial charge < -0.3 is 10.4 Å². The first-order chi connectivity index (χ1) is 9.74. The van der Waals surface area contributed by atoms with E-state index >= 15 is 0 Å². The third-order valence-corrected chi connectivity index (χ3v) is 4.54. The molecule has 1 aromatic rings. The van der Waals surface area contributed by atoms with Gasteiger partial charge in [0.15, 0.2) is 0 Å².